The smallest absolute Gasteiger partial charge is 0.338 e. The zero-order valence-electron chi connectivity index (χ0n) is 19.9. The summed E-state index contributed by atoms with van der Waals surface area (Å²) in [5.41, 5.74) is 1.78. The lowest BCUT2D eigenvalue weighted by molar-refractivity contribution is -0.143. The van der Waals surface area contributed by atoms with E-state index in [1.807, 2.05) is 0 Å². The Labute approximate surface area is 220 Å². The van der Waals surface area contributed by atoms with Crippen molar-refractivity contribution < 1.29 is 19.1 Å². The van der Waals surface area contributed by atoms with Crippen molar-refractivity contribution in [3.8, 4) is 0 Å². The van der Waals surface area contributed by atoms with Crippen LogP contribution in [0.15, 0.2) is 63.5 Å². The molecule has 0 N–H and O–H groups in total. The summed E-state index contributed by atoms with van der Waals surface area (Å²) in [6.07, 6.45) is 1.25. The predicted octanol–water partition coefficient (Wildman–Crippen LogP) is 4.28. The third kappa shape index (κ3) is 4.89. The van der Waals surface area contributed by atoms with Crippen LogP contribution in [0.25, 0.3) is 6.08 Å². The van der Waals surface area contributed by atoms with Crippen molar-refractivity contribution in [2.24, 2.45) is 4.99 Å². The Hall–Kier alpha value is -3.20. The fourth-order valence-electron chi connectivity index (χ4n) is 3.87. The van der Waals surface area contributed by atoms with E-state index < -0.39 is 18.0 Å². The molecule has 3 aromatic rings. The van der Waals surface area contributed by atoms with Gasteiger partial charge in [-0.2, -0.15) is 0 Å². The fraction of sp³-hybridized carbons (Fsp3) is 0.231. The number of halogens is 2. The number of allylic oxidation sites excluding steroid dienone is 1. The molecule has 36 heavy (non-hydrogen) atoms. The lowest BCUT2D eigenvalue weighted by Gasteiger charge is -2.25. The summed E-state index contributed by atoms with van der Waals surface area (Å²) in [5, 5.41) is 0.807. The van der Waals surface area contributed by atoms with Crippen LogP contribution >= 0.6 is 34.5 Å². The highest BCUT2D eigenvalue weighted by atomic mass is 35.5. The van der Waals surface area contributed by atoms with Gasteiger partial charge >= 0.3 is 11.9 Å². The van der Waals surface area contributed by atoms with Crippen molar-refractivity contribution in [3.05, 3.63) is 100 Å². The van der Waals surface area contributed by atoms with Crippen LogP contribution in [0, 0.1) is 0 Å². The summed E-state index contributed by atoms with van der Waals surface area (Å²) in [6, 6.07) is 10.8. The van der Waals surface area contributed by atoms with Gasteiger partial charge in [0.05, 0.1) is 40.6 Å². The van der Waals surface area contributed by atoms with E-state index in [0.29, 0.717) is 41.8 Å². The van der Waals surface area contributed by atoms with Crippen molar-refractivity contribution >= 4 is 52.6 Å². The predicted molar refractivity (Wildman–Crippen MR) is 139 cm³/mol. The third-order valence-electron chi connectivity index (χ3n) is 5.51. The molecule has 0 saturated heterocycles. The van der Waals surface area contributed by atoms with Gasteiger partial charge in [-0.1, -0.05) is 52.7 Å². The second-order valence-electron chi connectivity index (χ2n) is 8.28. The second kappa shape index (κ2) is 10.4. The standard InChI is InChI=1S/C26H22Cl2N2O5S/c1-13(2)35-25(33)21-14(3)29-26-30(22(21)15-8-10-16(11-9-15)24(32)34-4)23(31)20(36-26)12-17-18(27)6-5-7-19(17)28/h5-13,22H,1-4H3. The number of fused-ring (bicyclic) bond motifs is 1. The number of benzene rings is 2. The Morgan fingerprint density at radius 3 is 2.31 bits per heavy atom. The van der Waals surface area contributed by atoms with Gasteiger partial charge in [-0.3, -0.25) is 9.36 Å². The van der Waals surface area contributed by atoms with E-state index in [4.69, 9.17) is 32.7 Å². The van der Waals surface area contributed by atoms with Crippen LogP contribution in [0.4, 0.5) is 0 Å². The number of ether oxygens (including phenoxy) is 2. The first-order chi connectivity index (χ1) is 17.1. The van der Waals surface area contributed by atoms with Crippen molar-refractivity contribution in [2.45, 2.75) is 32.9 Å². The van der Waals surface area contributed by atoms with Crippen molar-refractivity contribution in [1.29, 1.82) is 0 Å². The normalized spacial score (nSPS) is 15.5. The molecule has 0 aliphatic carbocycles. The molecule has 2 heterocycles. The maximum absolute atomic E-state index is 13.7. The number of carbonyl (C=O) groups excluding carboxylic acids is 2. The largest absolute Gasteiger partial charge is 0.465 e. The molecule has 10 heteroatoms. The van der Waals surface area contributed by atoms with Crippen molar-refractivity contribution in [2.75, 3.05) is 7.11 Å². The molecule has 0 radical (unpaired) electrons. The van der Waals surface area contributed by atoms with E-state index in [2.05, 4.69) is 4.99 Å². The summed E-state index contributed by atoms with van der Waals surface area (Å²) in [4.78, 5) is 43.8. The first kappa shape index (κ1) is 25.9. The van der Waals surface area contributed by atoms with Crippen LogP contribution in [0.3, 0.4) is 0 Å². The molecule has 0 bridgehead atoms. The molecule has 0 amide bonds. The Morgan fingerprint density at radius 1 is 1.08 bits per heavy atom. The lowest BCUT2D eigenvalue weighted by atomic mass is 9.95. The summed E-state index contributed by atoms with van der Waals surface area (Å²) in [7, 11) is 1.30. The molecular formula is C26H22Cl2N2O5S. The fourth-order valence-corrected chi connectivity index (χ4v) is 5.41. The van der Waals surface area contributed by atoms with Gasteiger partial charge in [-0.15, -0.1) is 0 Å². The number of esters is 2. The lowest BCUT2D eigenvalue weighted by Crippen LogP contribution is -2.40. The SMILES string of the molecule is COC(=O)c1ccc(C2C(C(=O)OC(C)C)=C(C)N=c3sc(=Cc4c(Cl)cccc4Cl)c(=O)n32)cc1. The molecule has 1 atom stereocenters. The Bertz CT molecular complexity index is 1550. The van der Waals surface area contributed by atoms with Crippen LogP contribution in [0.1, 0.15) is 48.3 Å². The van der Waals surface area contributed by atoms with Crippen molar-refractivity contribution in [3.63, 3.8) is 0 Å². The molecule has 1 aliphatic rings. The zero-order chi connectivity index (χ0) is 26.1. The van der Waals surface area contributed by atoms with Crippen LogP contribution < -0.4 is 14.9 Å². The van der Waals surface area contributed by atoms with Gasteiger partial charge in [0, 0.05) is 15.6 Å². The highest BCUT2D eigenvalue weighted by molar-refractivity contribution is 7.07. The average Bonchev–Trinajstić information content (AvgIpc) is 3.14. The van der Waals surface area contributed by atoms with Gasteiger partial charge in [-0.05, 0) is 56.7 Å². The number of thiazole rings is 1. The molecule has 1 unspecified atom stereocenters. The first-order valence-electron chi connectivity index (χ1n) is 11.0. The number of aromatic nitrogens is 1. The highest BCUT2D eigenvalue weighted by Crippen LogP contribution is 2.31. The number of methoxy groups -OCH3 is 1. The Balaban J connectivity index is 1.95. The van der Waals surface area contributed by atoms with Crippen LogP contribution in [-0.2, 0) is 14.3 Å². The van der Waals surface area contributed by atoms with E-state index in [1.54, 1.807) is 69.3 Å². The maximum atomic E-state index is 13.7. The molecule has 2 aromatic carbocycles. The second-order valence-corrected chi connectivity index (χ2v) is 10.1. The maximum Gasteiger partial charge on any atom is 0.338 e. The first-order valence-corrected chi connectivity index (χ1v) is 12.6. The van der Waals surface area contributed by atoms with Crippen LogP contribution in [0.2, 0.25) is 10.0 Å². The number of nitrogens with zero attached hydrogens (tertiary/aromatic N) is 2. The molecule has 4 rings (SSSR count). The molecule has 0 spiro atoms. The zero-order valence-corrected chi connectivity index (χ0v) is 22.2. The molecule has 1 aliphatic heterocycles. The minimum absolute atomic E-state index is 0.240. The molecule has 0 fully saturated rings. The van der Waals surface area contributed by atoms with E-state index in [1.165, 1.54) is 23.0 Å². The molecule has 1 aromatic heterocycles. The third-order valence-corrected chi connectivity index (χ3v) is 7.15. The van der Waals surface area contributed by atoms with Gasteiger partial charge in [0.25, 0.3) is 5.56 Å². The summed E-state index contributed by atoms with van der Waals surface area (Å²) in [6.45, 7) is 5.20. The highest BCUT2D eigenvalue weighted by Gasteiger charge is 2.34. The van der Waals surface area contributed by atoms with E-state index >= 15 is 0 Å². The molecule has 186 valence electrons. The van der Waals surface area contributed by atoms with E-state index in [0.717, 1.165) is 0 Å². The van der Waals surface area contributed by atoms with Gasteiger partial charge in [-0.25, -0.2) is 14.6 Å². The topological polar surface area (TPSA) is 87.0 Å². The van der Waals surface area contributed by atoms with E-state index in [-0.39, 0.29) is 17.2 Å². The Kier molecular flexibility index (Phi) is 7.49. The summed E-state index contributed by atoms with van der Waals surface area (Å²) < 4.78 is 12.1. The number of hydrogen-bond acceptors (Lipinski definition) is 7. The Morgan fingerprint density at radius 2 is 1.72 bits per heavy atom. The van der Waals surface area contributed by atoms with Gasteiger partial charge in [0.2, 0.25) is 0 Å². The molecule has 0 saturated carbocycles. The quantitative estimate of drug-likeness (QED) is 0.447. The van der Waals surface area contributed by atoms with Gasteiger partial charge < -0.3 is 9.47 Å². The van der Waals surface area contributed by atoms with E-state index in [9.17, 15) is 14.4 Å². The van der Waals surface area contributed by atoms with Crippen molar-refractivity contribution in [1.82, 2.24) is 4.57 Å². The average molecular weight is 545 g/mol. The molecular weight excluding hydrogens is 523 g/mol. The summed E-state index contributed by atoms with van der Waals surface area (Å²) in [5.74, 6) is -1.06. The summed E-state index contributed by atoms with van der Waals surface area (Å²) >= 11 is 13.8. The minimum atomic E-state index is -0.817. The minimum Gasteiger partial charge on any atom is -0.465 e. The number of carbonyl (C=O) groups is 2. The number of rotatable bonds is 5. The van der Waals surface area contributed by atoms with Gasteiger partial charge in [0.15, 0.2) is 4.80 Å². The molecule has 7 nitrogen and oxygen atoms in total. The monoisotopic (exact) mass is 544 g/mol. The van der Waals surface area contributed by atoms with Gasteiger partial charge in [0.1, 0.15) is 0 Å². The van der Waals surface area contributed by atoms with Crippen LogP contribution in [0.5, 0.6) is 0 Å². The number of hydrogen-bond donors (Lipinski definition) is 0. The van der Waals surface area contributed by atoms with Crippen LogP contribution in [-0.4, -0.2) is 29.7 Å².